The number of hydrogen-bond donors (Lipinski definition) is 1. The molecule has 0 aliphatic heterocycles. The molecule has 2 aromatic rings. The average molecular weight is 257 g/mol. The van der Waals surface area contributed by atoms with Crippen LogP contribution in [0.2, 0.25) is 5.02 Å². The number of hydrogen-bond acceptors (Lipinski definition) is 2. The highest BCUT2D eigenvalue weighted by Crippen LogP contribution is 2.16. The maximum Gasteiger partial charge on any atom is 0.256 e. The first kappa shape index (κ1) is 12.2. The van der Waals surface area contributed by atoms with Crippen molar-refractivity contribution in [2.75, 3.05) is 5.32 Å². The molecule has 3 nitrogen and oxygen atoms in total. The van der Waals surface area contributed by atoms with Gasteiger partial charge in [0.2, 0.25) is 0 Å². The van der Waals surface area contributed by atoms with Crippen LogP contribution in [0.5, 0.6) is 0 Å². The zero-order valence-corrected chi connectivity index (χ0v) is 10.1. The topological polar surface area (TPSA) is 42.0 Å². The number of amides is 1. The van der Waals surface area contributed by atoms with E-state index < -0.39 is 0 Å². The zero-order chi connectivity index (χ0) is 13.0. The maximum absolute atomic E-state index is 12.0. The van der Waals surface area contributed by atoms with E-state index in [4.69, 9.17) is 18.0 Å². The lowest BCUT2D eigenvalue weighted by Gasteiger charge is -2.06. The second kappa shape index (κ2) is 5.35. The molecule has 0 saturated carbocycles. The molecule has 0 spiro atoms. The lowest BCUT2D eigenvalue weighted by atomic mass is 10.1. The van der Waals surface area contributed by atoms with E-state index in [1.807, 2.05) is 0 Å². The van der Waals surface area contributed by atoms with Crippen molar-refractivity contribution in [2.24, 2.45) is 0 Å². The van der Waals surface area contributed by atoms with Gasteiger partial charge in [-0.05, 0) is 30.3 Å². The van der Waals surface area contributed by atoms with Crippen LogP contribution in [0, 0.1) is 12.3 Å². The summed E-state index contributed by atoms with van der Waals surface area (Å²) >= 11 is 5.82. The van der Waals surface area contributed by atoms with Crippen molar-refractivity contribution in [3.63, 3.8) is 0 Å². The number of benzene rings is 1. The number of aromatic nitrogens is 1. The number of rotatable bonds is 2. The van der Waals surface area contributed by atoms with Crippen molar-refractivity contribution < 1.29 is 4.79 Å². The van der Waals surface area contributed by atoms with E-state index >= 15 is 0 Å². The smallest absolute Gasteiger partial charge is 0.256 e. The Balaban J connectivity index is 2.28. The molecule has 0 radical (unpaired) electrons. The Labute approximate surface area is 110 Å². The Morgan fingerprint density at radius 1 is 1.39 bits per heavy atom. The van der Waals surface area contributed by atoms with Gasteiger partial charge in [0.15, 0.2) is 0 Å². The number of nitrogens with zero attached hydrogens (tertiary/aromatic N) is 1. The van der Waals surface area contributed by atoms with Crippen molar-refractivity contribution in [1.29, 1.82) is 0 Å². The van der Waals surface area contributed by atoms with Crippen molar-refractivity contribution in [2.45, 2.75) is 0 Å². The first-order valence-electron chi connectivity index (χ1n) is 5.18. The quantitative estimate of drug-likeness (QED) is 0.840. The van der Waals surface area contributed by atoms with Gasteiger partial charge in [-0.1, -0.05) is 17.5 Å². The van der Waals surface area contributed by atoms with Gasteiger partial charge in [0.25, 0.3) is 5.91 Å². The second-order valence-corrected chi connectivity index (χ2v) is 3.97. The van der Waals surface area contributed by atoms with Crippen molar-refractivity contribution in [3.05, 3.63) is 58.9 Å². The third-order valence-electron chi connectivity index (χ3n) is 2.30. The lowest BCUT2D eigenvalue weighted by Crippen LogP contribution is -2.13. The molecule has 1 aromatic heterocycles. The second-order valence-electron chi connectivity index (χ2n) is 3.53. The summed E-state index contributed by atoms with van der Waals surface area (Å²) in [7, 11) is 0. The Hall–Kier alpha value is -2.31. The molecule has 1 aromatic carbocycles. The van der Waals surface area contributed by atoms with Crippen LogP contribution in [-0.4, -0.2) is 10.9 Å². The van der Waals surface area contributed by atoms with Crippen molar-refractivity contribution >= 4 is 23.2 Å². The first-order valence-corrected chi connectivity index (χ1v) is 5.56. The van der Waals surface area contributed by atoms with Gasteiger partial charge in [-0.15, -0.1) is 6.42 Å². The van der Waals surface area contributed by atoms with E-state index in [0.717, 1.165) is 0 Å². The lowest BCUT2D eigenvalue weighted by molar-refractivity contribution is 0.102. The Kier molecular flexibility index (Phi) is 3.61. The highest BCUT2D eigenvalue weighted by Gasteiger charge is 2.10. The summed E-state index contributed by atoms with van der Waals surface area (Å²) in [5.41, 5.74) is 1.48. The van der Waals surface area contributed by atoms with Gasteiger partial charge >= 0.3 is 0 Å². The minimum absolute atomic E-state index is 0.285. The highest BCUT2D eigenvalue weighted by atomic mass is 35.5. The fraction of sp³-hybridized carbons (Fsp3) is 0. The monoisotopic (exact) mass is 256 g/mol. The molecule has 18 heavy (non-hydrogen) atoms. The summed E-state index contributed by atoms with van der Waals surface area (Å²) in [6.45, 7) is 0. The minimum atomic E-state index is -0.285. The molecular weight excluding hydrogens is 248 g/mol. The van der Waals surface area contributed by atoms with Gasteiger partial charge in [-0.3, -0.25) is 9.78 Å². The fourth-order valence-corrected chi connectivity index (χ4v) is 1.64. The Morgan fingerprint density at radius 2 is 2.22 bits per heavy atom. The molecule has 1 heterocycles. The number of terminal acetylenes is 1. The summed E-state index contributed by atoms with van der Waals surface area (Å²) in [5.74, 6) is 2.16. The predicted molar refractivity (Wildman–Crippen MR) is 71.6 cm³/mol. The van der Waals surface area contributed by atoms with Crippen LogP contribution in [0.25, 0.3) is 0 Å². The highest BCUT2D eigenvalue weighted by molar-refractivity contribution is 6.30. The normalized spacial score (nSPS) is 9.56. The predicted octanol–water partition coefficient (Wildman–Crippen LogP) is 2.97. The summed E-state index contributed by atoms with van der Waals surface area (Å²) in [4.78, 5) is 15.9. The summed E-state index contributed by atoms with van der Waals surface area (Å²) in [5, 5.41) is 3.21. The first-order chi connectivity index (χ1) is 8.70. The van der Waals surface area contributed by atoms with Gasteiger partial charge in [0.1, 0.15) is 0 Å². The van der Waals surface area contributed by atoms with Gasteiger partial charge in [-0.25, -0.2) is 0 Å². The summed E-state index contributed by atoms with van der Waals surface area (Å²) in [6.07, 6.45) is 8.54. The van der Waals surface area contributed by atoms with Gasteiger partial charge in [0, 0.05) is 16.8 Å². The van der Waals surface area contributed by atoms with Crippen LogP contribution in [0.3, 0.4) is 0 Å². The Bertz CT molecular complexity index is 617. The maximum atomic E-state index is 12.0. The summed E-state index contributed by atoms with van der Waals surface area (Å²) < 4.78 is 0. The molecule has 0 aliphatic carbocycles. The molecule has 0 atom stereocenters. The van der Waals surface area contributed by atoms with Gasteiger partial charge in [0.05, 0.1) is 17.4 Å². The molecule has 0 unspecified atom stereocenters. The zero-order valence-electron chi connectivity index (χ0n) is 9.35. The van der Waals surface area contributed by atoms with Crippen molar-refractivity contribution in [1.82, 2.24) is 4.98 Å². The molecule has 0 saturated heterocycles. The van der Waals surface area contributed by atoms with Crippen LogP contribution in [0.4, 0.5) is 5.69 Å². The molecular formula is C14H9ClN2O. The van der Waals surface area contributed by atoms with E-state index in [-0.39, 0.29) is 5.91 Å². The number of carbonyl (C=O) groups is 1. The number of anilines is 1. The number of carbonyl (C=O) groups excluding carboxylic acids is 1. The molecule has 0 fully saturated rings. The van der Waals surface area contributed by atoms with E-state index in [1.54, 1.807) is 42.7 Å². The van der Waals surface area contributed by atoms with Crippen LogP contribution in [0.1, 0.15) is 15.9 Å². The van der Waals surface area contributed by atoms with E-state index in [1.165, 1.54) is 0 Å². The summed E-state index contributed by atoms with van der Waals surface area (Å²) in [6, 6.07) is 8.29. The molecule has 0 aliphatic rings. The third kappa shape index (κ3) is 2.68. The molecule has 2 rings (SSSR count). The largest absolute Gasteiger partial charge is 0.321 e. The number of pyridine rings is 1. The van der Waals surface area contributed by atoms with E-state index in [2.05, 4.69) is 16.2 Å². The standard InChI is InChI=1S/C14H9ClN2O/c1-2-10-8-11(15)5-6-13(10)14(18)17-12-4-3-7-16-9-12/h1,3-9H,(H,17,18). The van der Waals surface area contributed by atoms with Crippen LogP contribution >= 0.6 is 11.6 Å². The molecule has 0 bridgehead atoms. The Morgan fingerprint density at radius 3 is 2.89 bits per heavy atom. The molecule has 1 N–H and O–H groups in total. The third-order valence-corrected chi connectivity index (χ3v) is 2.54. The van der Waals surface area contributed by atoms with E-state index in [0.29, 0.717) is 21.8 Å². The van der Waals surface area contributed by atoms with Gasteiger partial charge in [-0.2, -0.15) is 0 Å². The minimum Gasteiger partial charge on any atom is -0.321 e. The fourth-order valence-electron chi connectivity index (χ4n) is 1.47. The van der Waals surface area contributed by atoms with Gasteiger partial charge < -0.3 is 5.32 Å². The van der Waals surface area contributed by atoms with Crippen LogP contribution in [0.15, 0.2) is 42.7 Å². The molecule has 1 amide bonds. The SMILES string of the molecule is C#Cc1cc(Cl)ccc1C(=O)Nc1cccnc1. The van der Waals surface area contributed by atoms with E-state index in [9.17, 15) is 4.79 Å². The average Bonchev–Trinajstić information content (AvgIpc) is 2.39. The van der Waals surface area contributed by atoms with Crippen LogP contribution in [-0.2, 0) is 0 Å². The number of nitrogens with one attached hydrogen (secondary N) is 1. The molecule has 88 valence electrons. The van der Waals surface area contributed by atoms with Crippen molar-refractivity contribution in [3.8, 4) is 12.3 Å². The van der Waals surface area contributed by atoms with Crippen LogP contribution < -0.4 is 5.32 Å². The number of halogens is 1. The molecule has 4 heteroatoms.